The van der Waals surface area contributed by atoms with Crippen LogP contribution < -0.4 is 4.90 Å². The number of rotatable bonds is 2. The van der Waals surface area contributed by atoms with Crippen molar-refractivity contribution in [1.82, 2.24) is 4.90 Å². The van der Waals surface area contributed by atoms with Crippen LogP contribution in [0.2, 0.25) is 0 Å². The van der Waals surface area contributed by atoms with E-state index in [-0.39, 0.29) is 5.57 Å². The largest absolute Gasteiger partial charge is 0.383 e. The Labute approximate surface area is 133 Å². The maximum Gasteiger partial charge on any atom is 0.135 e. The number of allylic oxidation sites excluding steroid dienone is 1. The van der Waals surface area contributed by atoms with Gasteiger partial charge in [-0.25, -0.2) is 0 Å². The van der Waals surface area contributed by atoms with Crippen LogP contribution >= 0.6 is 15.9 Å². The third-order valence-electron chi connectivity index (χ3n) is 3.21. The summed E-state index contributed by atoms with van der Waals surface area (Å²) in [7, 11) is 3.87. The molecule has 0 aromatic heterocycles. The van der Waals surface area contributed by atoms with Gasteiger partial charge in [0.15, 0.2) is 0 Å². The Morgan fingerprint density at radius 2 is 2.00 bits per heavy atom. The number of benzene rings is 1. The van der Waals surface area contributed by atoms with Crippen molar-refractivity contribution in [3.63, 3.8) is 0 Å². The van der Waals surface area contributed by atoms with E-state index in [4.69, 9.17) is 10.5 Å². The first kappa shape index (κ1) is 15.2. The van der Waals surface area contributed by atoms with Crippen LogP contribution in [-0.2, 0) is 0 Å². The molecule has 0 radical (unpaired) electrons. The second-order valence-corrected chi connectivity index (χ2v) is 5.95. The van der Waals surface area contributed by atoms with Crippen molar-refractivity contribution >= 4 is 21.6 Å². The summed E-state index contributed by atoms with van der Waals surface area (Å²) in [6.07, 6.45) is 1.97. The summed E-state index contributed by atoms with van der Waals surface area (Å²) in [5, 5.41) is 18.3. The Kier molecular flexibility index (Phi) is 4.67. The van der Waals surface area contributed by atoms with Crippen molar-refractivity contribution in [2.75, 3.05) is 32.1 Å². The van der Waals surface area contributed by atoms with Gasteiger partial charge in [-0.3, -0.25) is 0 Å². The molecule has 1 aliphatic rings. The van der Waals surface area contributed by atoms with Gasteiger partial charge in [0.2, 0.25) is 0 Å². The summed E-state index contributed by atoms with van der Waals surface area (Å²) in [6.45, 7) is 1.27. The highest BCUT2D eigenvalue weighted by Gasteiger charge is 2.25. The van der Waals surface area contributed by atoms with Crippen molar-refractivity contribution in [1.29, 1.82) is 10.5 Å². The number of halogens is 1. The van der Waals surface area contributed by atoms with Gasteiger partial charge < -0.3 is 9.80 Å². The molecule has 0 N–H and O–H groups in total. The first-order chi connectivity index (χ1) is 10.0. The van der Waals surface area contributed by atoms with Gasteiger partial charge in [0, 0.05) is 49.1 Å². The second kappa shape index (κ2) is 6.47. The number of anilines is 1. The number of nitriles is 2. The molecule has 5 heteroatoms. The normalized spacial score (nSPS) is 15.8. The summed E-state index contributed by atoms with van der Waals surface area (Å²) in [6, 6.07) is 12.0. The zero-order valence-corrected chi connectivity index (χ0v) is 13.6. The van der Waals surface area contributed by atoms with Crippen LogP contribution in [0.25, 0.3) is 0 Å². The lowest BCUT2D eigenvalue weighted by molar-refractivity contribution is 0.559. The number of nitrogens with zero attached hydrogens (tertiary/aromatic N) is 4. The van der Waals surface area contributed by atoms with E-state index in [9.17, 15) is 0 Å². The summed E-state index contributed by atoms with van der Waals surface area (Å²) in [4.78, 5) is 4.09. The predicted octanol–water partition coefficient (Wildman–Crippen LogP) is 3.06. The second-order valence-electron chi connectivity index (χ2n) is 5.03. The standard InChI is InChI=1S/C16H15BrN4/c1-20(2)9-13-10-21(11-16(13)12(7-18)8-19)15-5-3-4-14(17)6-15/h3-6,9H,10-11H2,1-2H3/b13-9-. The molecular formula is C16H15BrN4. The molecule has 1 fully saturated rings. The molecule has 0 unspecified atom stereocenters. The molecule has 0 spiro atoms. The zero-order valence-electron chi connectivity index (χ0n) is 12.0. The van der Waals surface area contributed by atoms with Gasteiger partial charge in [0.05, 0.1) is 0 Å². The molecule has 1 aromatic carbocycles. The lowest BCUT2D eigenvalue weighted by atomic mass is 10.1. The zero-order chi connectivity index (χ0) is 15.4. The van der Waals surface area contributed by atoms with Gasteiger partial charge in [-0.1, -0.05) is 22.0 Å². The Balaban J connectivity index is 2.43. The summed E-state index contributed by atoms with van der Waals surface area (Å²) in [5.41, 5.74) is 3.09. The van der Waals surface area contributed by atoms with Crippen LogP contribution in [-0.4, -0.2) is 32.1 Å². The maximum atomic E-state index is 9.14. The van der Waals surface area contributed by atoms with Crippen LogP contribution in [0.1, 0.15) is 0 Å². The smallest absolute Gasteiger partial charge is 0.135 e. The molecule has 0 bridgehead atoms. The minimum absolute atomic E-state index is 0.195. The fraction of sp³-hybridized carbons (Fsp3) is 0.250. The van der Waals surface area contributed by atoms with E-state index < -0.39 is 0 Å². The highest BCUT2D eigenvalue weighted by atomic mass is 79.9. The Bertz CT molecular complexity index is 673. The minimum atomic E-state index is 0.195. The Hall–Kier alpha value is -2.24. The minimum Gasteiger partial charge on any atom is -0.383 e. The fourth-order valence-corrected chi connectivity index (χ4v) is 2.72. The molecule has 1 aromatic rings. The average Bonchev–Trinajstić information content (AvgIpc) is 2.83. The molecule has 0 saturated carbocycles. The number of hydrogen-bond donors (Lipinski definition) is 0. The number of hydrogen-bond acceptors (Lipinski definition) is 4. The molecule has 1 aliphatic heterocycles. The van der Waals surface area contributed by atoms with Crippen molar-refractivity contribution in [2.45, 2.75) is 0 Å². The van der Waals surface area contributed by atoms with Crippen LogP contribution in [0.5, 0.6) is 0 Å². The molecule has 106 valence electrons. The molecule has 21 heavy (non-hydrogen) atoms. The molecule has 0 aliphatic carbocycles. The molecule has 0 atom stereocenters. The first-order valence-corrected chi connectivity index (χ1v) is 7.26. The molecule has 4 nitrogen and oxygen atoms in total. The van der Waals surface area contributed by atoms with Crippen LogP contribution in [0.15, 0.2) is 51.7 Å². The molecular weight excluding hydrogens is 328 g/mol. The fourth-order valence-electron chi connectivity index (χ4n) is 2.33. The van der Waals surface area contributed by atoms with Crippen molar-refractivity contribution in [3.05, 3.63) is 51.7 Å². The van der Waals surface area contributed by atoms with Crippen molar-refractivity contribution in [3.8, 4) is 12.1 Å². The third kappa shape index (κ3) is 3.45. The van der Waals surface area contributed by atoms with E-state index in [0.717, 1.165) is 21.3 Å². The third-order valence-corrected chi connectivity index (χ3v) is 3.70. The van der Waals surface area contributed by atoms with Crippen LogP contribution in [0, 0.1) is 22.7 Å². The van der Waals surface area contributed by atoms with E-state index >= 15 is 0 Å². The quantitative estimate of drug-likeness (QED) is 0.775. The van der Waals surface area contributed by atoms with Gasteiger partial charge in [-0.05, 0) is 23.8 Å². The van der Waals surface area contributed by atoms with E-state index in [1.54, 1.807) is 0 Å². The molecule has 2 rings (SSSR count). The summed E-state index contributed by atoms with van der Waals surface area (Å²) in [5.74, 6) is 0. The van der Waals surface area contributed by atoms with E-state index in [1.807, 2.05) is 61.6 Å². The lowest BCUT2D eigenvalue weighted by Gasteiger charge is -2.17. The van der Waals surface area contributed by atoms with Crippen LogP contribution in [0.3, 0.4) is 0 Å². The van der Waals surface area contributed by atoms with Gasteiger partial charge >= 0.3 is 0 Å². The highest BCUT2D eigenvalue weighted by Crippen LogP contribution is 2.30. The summed E-state index contributed by atoms with van der Waals surface area (Å²) >= 11 is 3.47. The molecule has 1 heterocycles. The van der Waals surface area contributed by atoms with Gasteiger partial charge in [-0.2, -0.15) is 10.5 Å². The first-order valence-electron chi connectivity index (χ1n) is 6.46. The topological polar surface area (TPSA) is 54.1 Å². The van der Waals surface area contributed by atoms with E-state index in [2.05, 4.69) is 20.8 Å². The average molecular weight is 343 g/mol. The Morgan fingerprint density at radius 3 is 2.57 bits per heavy atom. The van der Waals surface area contributed by atoms with Crippen LogP contribution in [0.4, 0.5) is 5.69 Å². The Morgan fingerprint density at radius 1 is 1.29 bits per heavy atom. The highest BCUT2D eigenvalue weighted by molar-refractivity contribution is 9.10. The SMILES string of the molecule is CN(C)/C=C1/CN(c2cccc(Br)c2)CC1=C(C#N)C#N. The summed E-state index contributed by atoms with van der Waals surface area (Å²) < 4.78 is 1.01. The molecule has 1 saturated heterocycles. The van der Waals surface area contributed by atoms with Gasteiger partial charge in [0.25, 0.3) is 0 Å². The monoisotopic (exact) mass is 342 g/mol. The maximum absolute atomic E-state index is 9.14. The van der Waals surface area contributed by atoms with E-state index in [1.165, 1.54) is 0 Å². The predicted molar refractivity (Wildman–Crippen MR) is 86.4 cm³/mol. The lowest BCUT2D eigenvalue weighted by Crippen LogP contribution is -2.18. The molecule has 0 amide bonds. The van der Waals surface area contributed by atoms with Gasteiger partial charge in [-0.15, -0.1) is 0 Å². The van der Waals surface area contributed by atoms with Crippen molar-refractivity contribution < 1.29 is 0 Å². The van der Waals surface area contributed by atoms with E-state index in [0.29, 0.717) is 13.1 Å². The van der Waals surface area contributed by atoms with Gasteiger partial charge in [0.1, 0.15) is 17.7 Å². The van der Waals surface area contributed by atoms with Crippen molar-refractivity contribution in [2.24, 2.45) is 0 Å².